The number of ether oxygens (including phenoxy) is 1. The predicted octanol–water partition coefficient (Wildman–Crippen LogP) is 2.21. The fraction of sp³-hybridized carbons (Fsp3) is 0.818. The Morgan fingerprint density at radius 1 is 1.38 bits per heavy atom. The summed E-state index contributed by atoms with van der Waals surface area (Å²) in [6.45, 7) is 0.927. The molecule has 1 saturated heterocycles. The maximum atomic E-state index is 5.71. The van der Waals surface area contributed by atoms with Gasteiger partial charge >= 0.3 is 0 Å². The Kier molecular flexibility index (Phi) is 4.35. The van der Waals surface area contributed by atoms with Crippen LogP contribution in [0, 0.1) is 0 Å². The molecule has 0 aromatic carbocycles. The maximum absolute atomic E-state index is 5.71. The average molecular weight is 288 g/mol. The summed E-state index contributed by atoms with van der Waals surface area (Å²) < 4.78 is 7.77. The van der Waals surface area contributed by atoms with E-state index in [0.29, 0.717) is 6.10 Å². The minimum atomic E-state index is 0.429. The number of rotatable bonds is 4. The molecule has 1 unspecified atom stereocenters. The van der Waals surface area contributed by atoms with E-state index in [1.807, 2.05) is 7.05 Å². The van der Waals surface area contributed by atoms with Gasteiger partial charge in [0.2, 0.25) is 0 Å². The molecule has 5 heteroatoms. The summed E-state index contributed by atoms with van der Waals surface area (Å²) in [6, 6.07) is 0. The molecule has 1 fully saturated rings. The molecule has 0 amide bonds. The number of alkyl halides is 1. The molecule has 1 aromatic rings. The molecule has 0 aliphatic carbocycles. The Hall–Kier alpha value is -0.420. The Balaban J connectivity index is 1.86. The highest BCUT2D eigenvalue weighted by Crippen LogP contribution is 2.17. The third-order valence-corrected chi connectivity index (χ3v) is 3.64. The van der Waals surface area contributed by atoms with Gasteiger partial charge in [0, 0.05) is 20.1 Å². The van der Waals surface area contributed by atoms with Crippen molar-refractivity contribution < 1.29 is 4.74 Å². The van der Waals surface area contributed by atoms with E-state index in [2.05, 4.69) is 30.7 Å². The van der Waals surface area contributed by atoms with Gasteiger partial charge in [-0.1, -0.05) is 15.9 Å². The molecule has 0 bridgehead atoms. The van der Waals surface area contributed by atoms with Crippen molar-refractivity contribution in [2.45, 2.75) is 43.5 Å². The SMILES string of the molecule is Cn1c(CBr)nnc1CCC1CCCCO1. The van der Waals surface area contributed by atoms with E-state index in [0.717, 1.165) is 36.4 Å². The summed E-state index contributed by atoms with van der Waals surface area (Å²) in [6.07, 6.45) is 6.17. The normalized spacial score (nSPS) is 21.2. The topological polar surface area (TPSA) is 39.9 Å². The molecular formula is C11H18BrN3O. The van der Waals surface area contributed by atoms with Gasteiger partial charge in [-0.3, -0.25) is 0 Å². The molecule has 1 aliphatic heterocycles. The van der Waals surface area contributed by atoms with Crippen molar-refractivity contribution in [2.75, 3.05) is 6.61 Å². The lowest BCUT2D eigenvalue weighted by molar-refractivity contribution is 0.0111. The molecule has 1 aliphatic rings. The van der Waals surface area contributed by atoms with Crippen LogP contribution in [0.4, 0.5) is 0 Å². The Morgan fingerprint density at radius 3 is 2.81 bits per heavy atom. The highest BCUT2D eigenvalue weighted by atomic mass is 79.9. The zero-order chi connectivity index (χ0) is 11.4. The van der Waals surface area contributed by atoms with Crippen LogP contribution >= 0.6 is 15.9 Å². The molecule has 0 radical (unpaired) electrons. The molecule has 2 rings (SSSR count). The number of hydrogen-bond acceptors (Lipinski definition) is 3. The zero-order valence-corrected chi connectivity index (χ0v) is 11.2. The number of hydrogen-bond donors (Lipinski definition) is 0. The first-order valence-corrected chi connectivity index (χ1v) is 6.98. The van der Waals surface area contributed by atoms with Crippen LogP contribution in [0.3, 0.4) is 0 Å². The van der Waals surface area contributed by atoms with Gasteiger partial charge in [-0.15, -0.1) is 10.2 Å². The molecule has 4 nitrogen and oxygen atoms in total. The third kappa shape index (κ3) is 2.83. The van der Waals surface area contributed by atoms with Crippen LogP contribution in [-0.4, -0.2) is 27.5 Å². The molecule has 16 heavy (non-hydrogen) atoms. The minimum Gasteiger partial charge on any atom is -0.378 e. The summed E-state index contributed by atoms with van der Waals surface area (Å²) in [5.41, 5.74) is 0. The quantitative estimate of drug-likeness (QED) is 0.797. The van der Waals surface area contributed by atoms with E-state index in [9.17, 15) is 0 Å². The molecular weight excluding hydrogens is 270 g/mol. The van der Waals surface area contributed by atoms with Crippen molar-refractivity contribution in [3.05, 3.63) is 11.6 Å². The molecule has 0 N–H and O–H groups in total. The van der Waals surface area contributed by atoms with E-state index < -0.39 is 0 Å². The molecule has 90 valence electrons. The fourth-order valence-corrected chi connectivity index (χ4v) is 2.55. The lowest BCUT2D eigenvalue weighted by Gasteiger charge is -2.22. The van der Waals surface area contributed by atoms with Crippen molar-refractivity contribution in [1.82, 2.24) is 14.8 Å². The van der Waals surface area contributed by atoms with Crippen LogP contribution in [0.25, 0.3) is 0 Å². The van der Waals surface area contributed by atoms with E-state index in [-0.39, 0.29) is 0 Å². The van der Waals surface area contributed by atoms with Gasteiger partial charge < -0.3 is 9.30 Å². The summed E-state index contributed by atoms with van der Waals surface area (Å²) in [5.74, 6) is 2.04. The van der Waals surface area contributed by atoms with Crippen LogP contribution in [0.15, 0.2) is 0 Å². The number of nitrogens with zero attached hydrogens (tertiary/aromatic N) is 3. The van der Waals surface area contributed by atoms with Crippen molar-refractivity contribution in [3.63, 3.8) is 0 Å². The van der Waals surface area contributed by atoms with Crippen molar-refractivity contribution in [3.8, 4) is 0 Å². The Labute approximate surface area is 105 Å². The van der Waals surface area contributed by atoms with E-state index in [4.69, 9.17) is 4.74 Å². The summed E-state index contributed by atoms with van der Waals surface area (Å²) >= 11 is 3.40. The van der Waals surface area contributed by atoms with Gasteiger partial charge in [0.05, 0.1) is 11.4 Å². The molecule has 0 saturated carbocycles. The largest absolute Gasteiger partial charge is 0.378 e. The second kappa shape index (κ2) is 5.77. The highest BCUT2D eigenvalue weighted by Gasteiger charge is 2.15. The van der Waals surface area contributed by atoms with Crippen molar-refractivity contribution in [2.24, 2.45) is 7.05 Å². The number of aryl methyl sites for hydroxylation is 1. The van der Waals surface area contributed by atoms with Crippen LogP contribution in [0.2, 0.25) is 0 Å². The molecule has 1 aromatic heterocycles. The first-order chi connectivity index (χ1) is 7.81. The summed E-state index contributed by atoms with van der Waals surface area (Å²) in [7, 11) is 2.02. The number of aromatic nitrogens is 3. The van der Waals surface area contributed by atoms with E-state index >= 15 is 0 Å². The van der Waals surface area contributed by atoms with Gasteiger partial charge in [-0.2, -0.15) is 0 Å². The van der Waals surface area contributed by atoms with Crippen molar-refractivity contribution >= 4 is 15.9 Å². The summed E-state index contributed by atoms with van der Waals surface area (Å²) in [5, 5.41) is 9.08. The van der Waals surface area contributed by atoms with Gasteiger partial charge in [0.25, 0.3) is 0 Å². The van der Waals surface area contributed by atoms with Crippen LogP contribution in [0.1, 0.15) is 37.3 Å². The van der Waals surface area contributed by atoms with E-state index in [1.165, 1.54) is 19.3 Å². The molecule has 1 atom stereocenters. The average Bonchev–Trinajstić information content (AvgIpc) is 2.69. The van der Waals surface area contributed by atoms with Crippen LogP contribution in [-0.2, 0) is 23.5 Å². The van der Waals surface area contributed by atoms with E-state index in [1.54, 1.807) is 0 Å². The van der Waals surface area contributed by atoms with Crippen LogP contribution < -0.4 is 0 Å². The molecule has 2 heterocycles. The first-order valence-electron chi connectivity index (χ1n) is 5.86. The van der Waals surface area contributed by atoms with Gasteiger partial charge in [-0.25, -0.2) is 0 Å². The zero-order valence-electron chi connectivity index (χ0n) is 9.65. The third-order valence-electron chi connectivity index (χ3n) is 3.14. The summed E-state index contributed by atoms with van der Waals surface area (Å²) in [4.78, 5) is 0. The van der Waals surface area contributed by atoms with Gasteiger partial charge in [-0.05, 0) is 25.7 Å². The second-order valence-corrected chi connectivity index (χ2v) is 4.81. The maximum Gasteiger partial charge on any atom is 0.143 e. The van der Waals surface area contributed by atoms with Crippen LogP contribution in [0.5, 0.6) is 0 Å². The van der Waals surface area contributed by atoms with Gasteiger partial charge in [0.1, 0.15) is 11.6 Å². The Bertz CT molecular complexity index is 334. The van der Waals surface area contributed by atoms with Crippen molar-refractivity contribution in [1.29, 1.82) is 0 Å². The smallest absolute Gasteiger partial charge is 0.143 e. The number of halogens is 1. The first kappa shape index (κ1) is 12.0. The monoisotopic (exact) mass is 287 g/mol. The fourth-order valence-electron chi connectivity index (χ4n) is 2.06. The standard InChI is InChI=1S/C11H18BrN3O/c1-15-10(13-14-11(15)8-12)6-5-9-4-2-3-7-16-9/h9H,2-8H2,1H3. The Morgan fingerprint density at radius 2 is 2.19 bits per heavy atom. The molecule has 0 spiro atoms. The second-order valence-electron chi connectivity index (χ2n) is 4.25. The van der Waals surface area contributed by atoms with Gasteiger partial charge in [0.15, 0.2) is 0 Å². The lowest BCUT2D eigenvalue weighted by Crippen LogP contribution is -2.20. The predicted molar refractivity (Wildman–Crippen MR) is 65.5 cm³/mol. The lowest BCUT2D eigenvalue weighted by atomic mass is 10.0. The minimum absolute atomic E-state index is 0.429. The highest BCUT2D eigenvalue weighted by molar-refractivity contribution is 9.08.